The number of rotatable bonds is 6. The molecule has 0 radical (unpaired) electrons. The summed E-state index contributed by atoms with van der Waals surface area (Å²) in [4.78, 5) is 12.7. The van der Waals surface area contributed by atoms with Crippen LogP contribution in [0.3, 0.4) is 0 Å². The van der Waals surface area contributed by atoms with Crippen molar-refractivity contribution in [3.63, 3.8) is 0 Å². The minimum Gasteiger partial charge on any atom is -0.489 e. The van der Waals surface area contributed by atoms with E-state index in [0.29, 0.717) is 39.6 Å². The monoisotopic (exact) mass is 459 g/mol. The van der Waals surface area contributed by atoms with E-state index in [9.17, 15) is 4.79 Å². The predicted molar refractivity (Wildman–Crippen MR) is 116 cm³/mol. The smallest absolute Gasteiger partial charge is 0.338 e. The molecule has 1 atom stereocenters. The summed E-state index contributed by atoms with van der Waals surface area (Å²) in [6.45, 7) is 4.13. The number of carbonyl (C=O) groups is 1. The highest BCUT2D eigenvalue weighted by Gasteiger charge is 2.34. The van der Waals surface area contributed by atoms with Gasteiger partial charge in [0.2, 0.25) is 5.95 Å². The molecule has 0 saturated heterocycles. The van der Waals surface area contributed by atoms with Gasteiger partial charge in [0, 0.05) is 21.3 Å². The van der Waals surface area contributed by atoms with Crippen LogP contribution in [0.15, 0.2) is 53.7 Å². The summed E-state index contributed by atoms with van der Waals surface area (Å²) >= 11 is 12.1. The Hall–Kier alpha value is -3.10. The molecule has 1 aliphatic rings. The van der Waals surface area contributed by atoms with Crippen LogP contribution in [-0.2, 0) is 16.1 Å². The Kier molecular flexibility index (Phi) is 6.11. The summed E-state index contributed by atoms with van der Waals surface area (Å²) in [6, 6.07) is 12.1. The lowest BCUT2D eigenvalue weighted by atomic mass is 9.96. The number of hydrogen-bond acceptors (Lipinski definition) is 7. The van der Waals surface area contributed by atoms with Crippen LogP contribution >= 0.6 is 23.2 Å². The lowest BCUT2D eigenvalue weighted by molar-refractivity contribution is -0.139. The second-order valence-corrected chi connectivity index (χ2v) is 7.67. The van der Waals surface area contributed by atoms with Gasteiger partial charge in [0.15, 0.2) is 0 Å². The van der Waals surface area contributed by atoms with Gasteiger partial charge in [0.05, 0.1) is 12.2 Å². The number of esters is 1. The summed E-state index contributed by atoms with van der Waals surface area (Å²) in [5.41, 5.74) is 2.73. The van der Waals surface area contributed by atoms with Gasteiger partial charge >= 0.3 is 5.97 Å². The van der Waals surface area contributed by atoms with Crippen molar-refractivity contribution in [1.29, 1.82) is 0 Å². The third kappa shape index (κ3) is 4.35. The molecule has 0 saturated carbocycles. The first-order valence-corrected chi connectivity index (χ1v) is 10.3. The standard InChI is InChI=1S/C21H19Cl2N5O3/c1-3-30-20(29)18-12(2)24-21-25-26-27-28(21)19(18)13-5-8-16(9-6-13)31-11-14-4-7-15(22)10-17(14)23/h4-10,19H,3,11H2,1-2H3,(H,24,25,27). The van der Waals surface area contributed by atoms with Crippen molar-refractivity contribution in [3.8, 4) is 5.75 Å². The van der Waals surface area contributed by atoms with Gasteiger partial charge in [-0.3, -0.25) is 0 Å². The molecule has 1 aliphatic heterocycles. The normalized spacial score (nSPS) is 15.3. The molecular formula is C21H19Cl2N5O3. The molecular weight excluding hydrogens is 441 g/mol. The molecule has 1 aromatic heterocycles. The average Bonchev–Trinajstić information content (AvgIpc) is 3.20. The van der Waals surface area contributed by atoms with Crippen LogP contribution in [0.25, 0.3) is 0 Å². The maximum absolute atomic E-state index is 12.7. The molecule has 0 amide bonds. The Labute approximate surface area is 188 Å². The summed E-state index contributed by atoms with van der Waals surface area (Å²) < 4.78 is 12.7. The molecule has 31 heavy (non-hydrogen) atoms. The Morgan fingerprint density at radius 3 is 2.68 bits per heavy atom. The molecule has 1 N–H and O–H groups in total. The predicted octanol–water partition coefficient (Wildman–Crippen LogP) is 4.41. The number of nitrogens with one attached hydrogen (secondary N) is 1. The highest BCUT2D eigenvalue weighted by molar-refractivity contribution is 6.35. The van der Waals surface area contributed by atoms with E-state index in [1.54, 1.807) is 30.7 Å². The molecule has 10 heteroatoms. The number of carbonyl (C=O) groups excluding carboxylic acids is 1. The molecule has 160 valence electrons. The van der Waals surface area contributed by atoms with Gasteiger partial charge in [-0.05, 0) is 54.1 Å². The first kappa shape index (κ1) is 21.1. The van der Waals surface area contributed by atoms with E-state index < -0.39 is 12.0 Å². The van der Waals surface area contributed by atoms with Gasteiger partial charge in [0.25, 0.3) is 0 Å². The fraction of sp³-hybridized carbons (Fsp3) is 0.238. The number of allylic oxidation sites excluding steroid dienone is 1. The molecule has 0 fully saturated rings. The van der Waals surface area contributed by atoms with Crippen LogP contribution in [-0.4, -0.2) is 32.8 Å². The van der Waals surface area contributed by atoms with Crippen molar-refractivity contribution in [1.82, 2.24) is 20.2 Å². The first-order chi connectivity index (χ1) is 15.0. The first-order valence-electron chi connectivity index (χ1n) is 9.57. The van der Waals surface area contributed by atoms with E-state index in [4.69, 9.17) is 32.7 Å². The number of nitrogens with zero attached hydrogens (tertiary/aromatic N) is 4. The maximum atomic E-state index is 12.7. The average molecular weight is 460 g/mol. The Morgan fingerprint density at radius 1 is 1.19 bits per heavy atom. The number of halogens is 2. The number of tetrazole rings is 1. The van der Waals surface area contributed by atoms with E-state index in [0.717, 1.165) is 11.1 Å². The highest BCUT2D eigenvalue weighted by atomic mass is 35.5. The van der Waals surface area contributed by atoms with Gasteiger partial charge in [-0.1, -0.05) is 46.5 Å². The van der Waals surface area contributed by atoms with E-state index >= 15 is 0 Å². The molecule has 8 nitrogen and oxygen atoms in total. The van der Waals surface area contributed by atoms with E-state index in [2.05, 4.69) is 20.8 Å². The fourth-order valence-corrected chi connectivity index (χ4v) is 3.80. The van der Waals surface area contributed by atoms with Crippen LogP contribution in [0, 0.1) is 0 Å². The molecule has 3 aromatic rings. The molecule has 2 heterocycles. The number of hydrogen-bond donors (Lipinski definition) is 1. The van der Waals surface area contributed by atoms with E-state index in [1.165, 1.54) is 0 Å². The van der Waals surface area contributed by atoms with Gasteiger partial charge in [-0.2, -0.15) is 4.68 Å². The van der Waals surface area contributed by atoms with Crippen LogP contribution in [0.2, 0.25) is 10.0 Å². The lowest BCUT2D eigenvalue weighted by Gasteiger charge is -2.27. The zero-order valence-corrected chi connectivity index (χ0v) is 18.3. The van der Waals surface area contributed by atoms with Crippen molar-refractivity contribution < 1.29 is 14.3 Å². The van der Waals surface area contributed by atoms with E-state index in [1.807, 2.05) is 30.3 Å². The lowest BCUT2D eigenvalue weighted by Crippen LogP contribution is -2.29. The molecule has 0 bridgehead atoms. The summed E-state index contributed by atoms with van der Waals surface area (Å²) in [7, 11) is 0. The summed E-state index contributed by atoms with van der Waals surface area (Å²) in [6.07, 6.45) is 0. The zero-order valence-electron chi connectivity index (χ0n) is 16.8. The van der Waals surface area contributed by atoms with Crippen LogP contribution in [0.4, 0.5) is 5.95 Å². The minimum atomic E-state index is -0.523. The highest BCUT2D eigenvalue weighted by Crippen LogP contribution is 2.35. The van der Waals surface area contributed by atoms with Crippen LogP contribution < -0.4 is 10.1 Å². The van der Waals surface area contributed by atoms with Gasteiger partial charge in [0.1, 0.15) is 18.4 Å². The number of aromatic nitrogens is 4. The van der Waals surface area contributed by atoms with Crippen LogP contribution in [0.1, 0.15) is 31.0 Å². The number of benzene rings is 2. The quantitative estimate of drug-likeness (QED) is 0.545. The van der Waals surface area contributed by atoms with Gasteiger partial charge in [-0.15, -0.1) is 0 Å². The SMILES string of the molecule is CCOC(=O)C1=C(C)Nc2nnnn2C1c1ccc(OCc2ccc(Cl)cc2Cl)cc1. The molecule has 4 rings (SSSR count). The summed E-state index contributed by atoms with van der Waals surface area (Å²) in [5, 5.41) is 15.9. The zero-order chi connectivity index (χ0) is 22.0. The van der Waals surface area contributed by atoms with Gasteiger partial charge < -0.3 is 14.8 Å². The Balaban J connectivity index is 1.59. The van der Waals surface area contributed by atoms with Gasteiger partial charge in [-0.25, -0.2) is 4.79 Å². The topological polar surface area (TPSA) is 91.2 Å². The second-order valence-electron chi connectivity index (χ2n) is 6.83. The van der Waals surface area contributed by atoms with Crippen molar-refractivity contribution in [2.24, 2.45) is 0 Å². The van der Waals surface area contributed by atoms with Crippen molar-refractivity contribution in [2.75, 3.05) is 11.9 Å². The third-order valence-electron chi connectivity index (χ3n) is 4.81. The summed E-state index contributed by atoms with van der Waals surface area (Å²) in [5.74, 6) is 0.684. The number of fused-ring (bicyclic) bond motifs is 1. The molecule has 2 aromatic carbocycles. The van der Waals surface area contributed by atoms with Crippen molar-refractivity contribution >= 4 is 35.1 Å². The van der Waals surface area contributed by atoms with E-state index in [-0.39, 0.29) is 6.61 Å². The maximum Gasteiger partial charge on any atom is 0.338 e. The Bertz CT molecular complexity index is 1140. The van der Waals surface area contributed by atoms with Crippen molar-refractivity contribution in [3.05, 3.63) is 74.9 Å². The minimum absolute atomic E-state index is 0.269. The largest absolute Gasteiger partial charge is 0.489 e. The number of anilines is 1. The molecule has 0 aliphatic carbocycles. The molecule has 1 unspecified atom stereocenters. The Morgan fingerprint density at radius 2 is 1.97 bits per heavy atom. The van der Waals surface area contributed by atoms with Crippen molar-refractivity contribution in [2.45, 2.75) is 26.5 Å². The number of ether oxygens (including phenoxy) is 2. The fourth-order valence-electron chi connectivity index (χ4n) is 3.34. The third-order valence-corrected chi connectivity index (χ3v) is 5.40. The second kappa shape index (κ2) is 8.95. The molecule has 0 spiro atoms. The van der Waals surface area contributed by atoms with Crippen LogP contribution in [0.5, 0.6) is 5.75 Å².